The summed E-state index contributed by atoms with van der Waals surface area (Å²) in [6.45, 7) is 11.2. The van der Waals surface area contributed by atoms with Crippen LogP contribution >= 0.6 is 15.9 Å². The summed E-state index contributed by atoms with van der Waals surface area (Å²) in [5, 5.41) is 2.83. The average molecular weight is 473 g/mol. The van der Waals surface area contributed by atoms with E-state index in [1.807, 2.05) is 31.2 Å². The van der Waals surface area contributed by atoms with E-state index in [-0.39, 0.29) is 17.2 Å². The van der Waals surface area contributed by atoms with Crippen LogP contribution < -0.4 is 5.32 Å². The molecule has 2 aromatic rings. The highest BCUT2D eigenvalue weighted by molar-refractivity contribution is 9.10. The Kier molecular flexibility index (Phi) is 8.65. The first-order valence-corrected chi connectivity index (χ1v) is 11.3. The predicted molar refractivity (Wildman–Crippen MR) is 126 cm³/mol. The number of likely N-dealkylation sites (N-methyl/N-ethyl adjacent to an activating group) is 1. The van der Waals surface area contributed by atoms with Crippen molar-refractivity contribution < 1.29 is 9.59 Å². The molecule has 0 spiro atoms. The minimum absolute atomic E-state index is 0.0198. The fraction of sp³-hybridized carbons (Fsp3) is 0.440. The van der Waals surface area contributed by atoms with Crippen molar-refractivity contribution in [2.75, 3.05) is 6.54 Å². The monoisotopic (exact) mass is 472 g/mol. The number of aryl methyl sites for hydroxylation is 1. The Morgan fingerprint density at radius 3 is 2.30 bits per heavy atom. The molecular weight excluding hydrogens is 440 g/mol. The van der Waals surface area contributed by atoms with Crippen molar-refractivity contribution >= 4 is 27.7 Å². The summed E-state index contributed by atoms with van der Waals surface area (Å²) in [4.78, 5) is 27.2. The average Bonchev–Trinajstić information content (AvgIpc) is 2.69. The zero-order valence-electron chi connectivity index (χ0n) is 18.7. The summed E-state index contributed by atoms with van der Waals surface area (Å²) in [5.41, 5.74) is 3.50. The van der Waals surface area contributed by atoms with Gasteiger partial charge in [-0.05, 0) is 54.5 Å². The van der Waals surface area contributed by atoms with Gasteiger partial charge in [0.1, 0.15) is 6.04 Å². The minimum atomic E-state index is -0.528. The molecule has 0 aliphatic heterocycles. The van der Waals surface area contributed by atoms with Crippen molar-refractivity contribution in [2.45, 2.75) is 65.5 Å². The van der Waals surface area contributed by atoms with E-state index < -0.39 is 6.04 Å². The summed E-state index contributed by atoms with van der Waals surface area (Å²) >= 11 is 3.48. The highest BCUT2D eigenvalue weighted by Crippen LogP contribution is 2.23. The molecule has 0 saturated carbocycles. The molecule has 1 N–H and O–H groups in total. The van der Waals surface area contributed by atoms with Crippen LogP contribution in [-0.4, -0.2) is 29.3 Å². The molecule has 1 atom stereocenters. The summed E-state index contributed by atoms with van der Waals surface area (Å²) in [5.74, 6) is -0.149. The molecule has 30 heavy (non-hydrogen) atoms. The number of carbonyl (C=O) groups is 2. The maximum Gasteiger partial charge on any atom is 0.242 e. The van der Waals surface area contributed by atoms with Gasteiger partial charge >= 0.3 is 0 Å². The van der Waals surface area contributed by atoms with Crippen molar-refractivity contribution in [1.29, 1.82) is 0 Å². The Labute approximate surface area is 189 Å². The first kappa shape index (κ1) is 24.1. The number of nitrogens with zero attached hydrogens (tertiary/aromatic N) is 1. The smallest absolute Gasteiger partial charge is 0.242 e. The van der Waals surface area contributed by atoms with Gasteiger partial charge in [0, 0.05) is 24.0 Å². The van der Waals surface area contributed by atoms with E-state index >= 15 is 0 Å². The second kappa shape index (κ2) is 10.8. The van der Waals surface area contributed by atoms with Crippen molar-refractivity contribution in [3.05, 3.63) is 69.7 Å². The van der Waals surface area contributed by atoms with Crippen LogP contribution in [0.5, 0.6) is 0 Å². The molecule has 0 fully saturated rings. The minimum Gasteiger partial charge on any atom is -0.355 e. The number of halogens is 1. The molecule has 0 aliphatic rings. The zero-order chi connectivity index (χ0) is 22.3. The van der Waals surface area contributed by atoms with Crippen LogP contribution in [0.2, 0.25) is 0 Å². The fourth-order valence-corrected chi connectivity index (χ4v) is 3.75. The maximum atomic E-state index is 13.1. The Morgan fingerprint density at radius 2 is 1.73 bits per heavy atom. The molecular formula is C25H33BrN2O2. The molecule has 4 nitrogen and oxygen atoms in total. The van der Waals surface area contributed by atoms with Gasteiger partial charge in [0.05, 0.1) is 0 Å². The van der Waals surface area contributed by atoms with E-state index in [0.717, 1.165) is 15.6 Å². The highest BCUT2D eigenvalue weighted by Gasteiger charge is 2.25. The van der Waals surface area contributed by atoms with Crippen LogP contribution in [0.4, 0.5) is 0 Å². The lowest BCUT2D eigenvalue weighted by Crippen LogP contribution is -2.47. The number of carbonyl (C=O) groups excluding carboxylic acids is 2. The van der Waals surface area contributed by atoms with Crippen molar-refractivity contribution in [1.82, 2.24) is 10.2 Å². The molecule has 0 aliphatic carbocycles. The van der Waals surface area contributed by atoms with E-state index in [1.54, 1.807) is 11.8 Å². The SMILES string of the molecule is CCNC(=O)[C@H](C)N(Cc1cccc(Br)c1)C(=O)CCc1ccc(C(C)(C)C)cc1. The molecule has 0 bridgehead atoms. The Hall–Kier alpha value is -2.14. The molecule has 162 valence electrons. The van der Waals surface area contributed by atoms with Gasteiger partial charge in [-0.1, -0.05) is 73.1 Å². The van der Waals surface area contributed by atoms with E-state index in [4.69, 9.17) is 0 Å². The van der Waals surface area contributed by atoms with Gasteiger partial charge < -0.3 is 10.2 Å². The van der Waals surface area contributed by atoms with Gasteiger partial charge in [0.15, 0.2) is 0 Å². The third-order valence-corrected chi connectivity index (χ3v) is 5.70. The second-order valence-electron chi connectivity index (χ2n) is 8.67. The van der Waals surface area contributed by atoms with Crippen molar-refractivity contribution in [3.63, 3.8) is 0 Å². The number of rotatable bonds is 8. The molecule has 0 radical (unpaired) electrons. The number of hydrogen-bond donors (Lipinski definition) is 1. The largest absolute Gasteiger partial charge is 0.355 e. The van der Waals surface area contributed by atoms with Crippen LogP contribution in [0.3, 0.4) is 0 Å². The predicted octanol–water partition coefficient (Wildman–Crippen LogP) is 5.23. The van der Waals surface area contributed by atoms with Crippen molar-refractivity contribution in [2.24, 2.45) is 0 Å². The van der Waals surface area contributed by atoms with Gasteiger partial charge in [-0.25, -0.2) is 0 Å². The van der Waals surface area contributed by atoms with Gasteiger partial charge in [-0.15, -0.1) is 0 Å². The summed E-state index contributed by atoms with van der Waals surface area (Å²) < 4.78 is 0.956. The Balaban J connectivity index is 2.12. The second-order valence-corrected chi connectivity index (χ2v) is 9.58. The molecule has 0 aromatic heterocycles. The quantitative estimate of drug-likeness (QED) is 0.571. The molecule has 0 unspecified atom stereocenters. The number of benzene rings is 2. The van der Waals surface area contributed by atoms with E-state index in [9.17, 15) is 9.59 Å². The molecule has 0 heterocycles. The van der Waals surface area contributed by atoms with Crippen LogP contribution in [0.1, 0.15) is 57.7 Å². The lowest BCUT2D eigenvalue weighted by molar-refractivity contribution is -0.140. The van der Waals surface area contributed by atoms with Gasteiger partial charge in [-0.2, -0.15) is 0 Å². The first-order chi connectivity index (χ1) is 14.1. The number of nitrogens with one attached hydrogen (secondary N) is 1. The van der Waals surface area contributed by atoms with Crippen LogP contribution in [-0.2, 0) is 28.0 Å². The summed E-state index contributed by atoms with van der Waals surface area (Å²) in [6, 6.07) is 15.8. The summed E-state index contributed by atoms with van der Waals surface area (Å²) in [7, 11) is 0. The standard InChI is InChI=1S/C25H33BrN2O2/c1-6-27-24(30)18(2)28(17-20-8-7-9-22(26)16-20)23(29)15-12-19-10-13-21(14-11-19)25(3,4)5/h7-11,13-14,16,18H,6,12,15,17H2,1-5H3,(H,27,30)/t18-/m0/s1. The lowest BCUT2D eigenvalue weighted by atomic mass is 9.86. The normalized spacial score (nSPS) is 12.3. The fourth-order valence-electron chi connectivity index (χ4n) is 3.30. The molecule has 2 aromatic carbocycles. The third kappa shape index (κ3) is 6.98. The van der Waals surface area contributed by atoms with Crippen LogP contribution in [0.15, 0.2) is 53.0 Å². The summed E-state index contributed by atoms with van der Waals surface area (Å²) in [6.07, 6.45) is 1.02. The highest BCUT2D eigenvalue weighted by atomic mass is 79.9. The Morgan fingerprint density at radius 1 is 1.07 bits per heavy atom. The molecule has 0 saturated heterocycles. The lowest BCUT2D eigenvalue weighted by Gasteiger charge is -2.29. The Bertz CT molecular complexity index is 856. The van der Waals surface area contributed by atoms with Gasteiger partial charge in [-0.3, -0.25) is 9.59 Å². The van der Waals surface area contributed by atoms with Gasteiger partial charge in [0.2, 0.25) is 11.8 Å². The number of amides is 2. The van der Waals surface area contributed by atoms with Crippen LogP contribution in [0, 0.1) is 0 Å². The van der Waals surface area contributed by atoms with Crippen molar-refractivity contribution in [3.8, 4) is 0 Å². The number of hydrogen-bond acceptors (Lipinski definition) is 2. The zero-order valence-corrected chi connectivity index (χ0v) is 20.3. The molecule has 2 rings (SSSR count). The molecule has 2 amide bonds. The topological polar surface area (TPSA) is 49.4 Å². The van der Waals surface area contributed by atoms with Crippen LogP contribution in [0.25, 0.3) is 0 Å². The van der Waals surface area contributed by atoms with E-state index in [0.29, 0.717) is 25.9 Å². The maximum absolute atomic E-state index is 13.1. The van der Waals surface area contributed by atoms with E-state index in [2.05, 4.69) is 66.3 Å². The van der Waals surface area contributed by atoms with E-state index in [1.165, 1.54) is 5.56 Å². The first-order valence-electron chi connectivity index (χ1n) is 10.5. The molecule has 5 heteroatoms. The third-order valence-electron chi connectivity index (χ3n) is 5.21. The van der Waals surface area contributed by atoms with Gasteiger partial charge in [0.25, 0.3) is 0 Å².